The first-order valence-corrected chi connectivity index (χ1v) is 19.8. The summed E-state index contributed by atoms with van der Waals surface area (Å²) < 4.78 is 37.1. The third kappa shape index (κ3) is 9.27. The number of aliphatic imine (C=N–C) groups is 1. The highest BCUT2D eigenvalue weighted by Crippen LogP contribution is 2.34. The second-order valence-corrected chi connectivity index (χ2v) is 16.9. The largest absolute Gasteiger partial charge is 0.384 e. The van der Waals surface area contributed by atoms with Crippen molar-refractivity contribution in [3.05, 3.63) is 41.7 Å². The van der Waals surface area contributed by atoms with E-state index in [9.17, 15) is 37.5 Å². The van der Waals surface area contributed by atoms with Crippen LogP contribution in [0.15, 0.2) is 40.4 Å². The summed E-state index contributed by atoms with van der Waals surface area (Å²) in [4.78, 5) is 73.5. The van der Waals surface area contributed by atoms with E-state index in [0.717, 1.165) is 32.1 Å². The third-order valence-electron chi connectivity index (χ3n) is 10.5. The van der Waals surface area contributed by atoms with Crippen LogP contribution in [0.1, 0.15) is 93.7 Å². The lowest BCUT2D eigenvalue weighted by Crippen LogP contribution is -2.63. The van der Waals surface area contributed by atoms with Crippen LogP contribution in [0.4, 0.5) is 0 Å². The van der Waals surface area contributed by atoms with E-state index in [1.54, 1.807) is 13.8 Å². The van der Waals surface area contributed by atoms with Gasteiger partial charge in [-0.1, -0.05) is 37.3 Å². The fraction of sp³-hybridized carbons (Fsp3) is 0.611. The van der Waals surface area contributed by atoms with E-state index >= 15 is 0 Å². The fourth-order valence-electron chi connectivity index (χ4n) is 7.41. The maximum atomic E-state index is 14.7. The quantitative estimate of drug-likeness (QED) is 0.180. The fourth-order valence-corrected chi connectivity index (χ4v) is 8.59. The number of aromatic nitrogens is 3. The smallest absolute Gasteiger partial charge is 0.287 e. The van der Waals surface area contributed by atoms with Gasteiger partial charge >= 0.3 is 0 Å². The van der Waals surface area contributed by atoms with E-state index < -0.39 is 62.5 Å². The van der Waals surface area contributed by atoms with Crippen LogP contribution in [0.25, 0.3) is 0 Å². The van der Waals surface area contributed by atoms with E-state index in [-0.39, 0.29) is 79.9 Å². The van der Waals surface area contributed by atoms with Gasteiger partial charge in [-0.2, -0.15) is 0 Å². The van der Waals surface area contributed by atoms with E-state index in [1.807, 2.05) is 0 Å². The lowest BCUT2D eigenvalue weighted by atomic mass is 9.84. The summed E-state index contributed by atoms with van der Waals surface area (Å²) in [7, 11) is -2.26. The molecule has 17 nitrogen and oxygen atoms in total. The highest BCUT2D eigenvalue weighted by Gasteiger charge is 2.49. The van der Waals surface area contributed by atoms with Gasteiger partial charge in [-0.05, 0) is 50.5 Å². The average Bonchev–Trinajstić information content (AvgIpc) is 3.83. The van der Waals surface area contributed by atoms with E-state index in [0.29, 0.717) is 5.69 Å². The zero-order valence-corrected chi connectivity index (χ0v) is 31.7. The minimum absolute atomic E-state index is 0.00313. The Bertz CT molecular complexity index is 1860. The number of hydrogen-bond donors (Lipinski definition) is 3. The minimum atomic E-state index is -3.66. The van der Waals surface area contributed by atoms with Gasteiger partial charge < -0.3 is 30.5 Å². The van der Waals surface area contributed by atoms with Crippen molar-refractivity contribution in [3.8, 4) is 0 Å². The lowest BCUT2D eigenvalue weighted by Gasteiger charge is -2.37. The van der Waals surface area contributed by atoms with Gasteiger partial charge in [-0.15, -0.1) is 5.10 Å². The van der Waals surface area contributed by atoms with Crippen LogP contribution in [0.3, 0.4) is 0 Å². The first-order valence-electron chi connectivity index (χ1n) is 18.2. The van der Waals surface area contributed by atoms with Crippen molar-refractivity contribution in [2.75, 3.05) is 39.2 Å². The molecule has 0 unspecified atom stereocenters. The minimum Gasteiger partial charge on any atom is -0.384 e. The van der Waals surface area contributed by atoms with Crippen molar-refractivity contribution >= 4 is 45.0 Å². The number of ketones is 1. The molecule has 4 amide bonds. The molecule has 2 aromatic rings. The van der Waals surface area contributed by atoms with Crippen molar-refractivity contribution < 1.29 is 47.0 Å². The molecule has 2 atom stereocenters. The maximum absolute atomic E-state index is 14.7. The van der Waals surface area contributed by atoms with Crippen molar-refractivity contribution in [2.24, 2.45) is 16.6 Å². The summed E-state index contributed by atoms with van der Waals surface area (Å²) in [5, 5.41) is 21.7. The van der Waals surface area contributed by atoms with Crippen LogP contribution >= 0.6 is 0 Å². The highest BCUT2D eigenvalue weighted by molar-refractivity contribution is 7.91. The Hall–Kier alpha value is -4.39. The monoisotopic (exact) mass is 771 g/mol. The number of primary amides is 1. The Morgan fingerprint density at radius 2 is 1.76 bits per heavy atom. The number of aliphatic hydroxyl groups is 1. The summed E-state index contributed by atoms with van der Waals surface area (Å²) >= 11 is 0. The van der Waals surface area contributed by atoms with Gasteiger partial charge in [-0.3, -0.25) is 24.0 Å². The summed E-state index contributed by atoms with van der Waals surface area (Å²) in [5.41, 5.74) is 2.71. The molecule has 3 fully saturated rings. The maximum Gasteiger partial charge on any atom is 0.287 e. The molecule has 0 bridgehead atoms. The highest BCUT2D eigenvalue weighted by atomic mass is 32.2. The van der Waals surface area contributed by atoms with Crippen LogP contribution in [0.5, 0.6) is 0 Å². The SMILES string of the molecule is COCCS(=O)(=O)c1ccc(C(=O)/N=C(\CC2CCCCC2)C(=O)N2C[C@@H](n3nncc3C(C)(C)O)C[C@H]2C(=O)NC2(C(=O)C(N)=O)CCOCC2)cc1. The molecule has 3 aliphatic rings. The normalized spacial score (nSPS) is 21.1. The van der Waals surface area contributed by atoms with Crippen molar-refractivity contribution in [1.29, 1.82) is 0 Å². The number of nitrogens with two attached hydrogens (primary N) is 1. The second-order valence-electron chi connectivity index (χ2n) is 14.8. The van der Waals surface area contributed by atoms with Crippen molar-refractivity contribution in [2.45, 2.75) is 99.8 Å². The summed E-state index contributed by atoms with van der Waals surface area (Å²) in [6.07, 6.45) is 6.09. The number of sulfone groups is 1. The lowest BCUT2D eigenvalue weighted by molar-refractivity contribution is -0.146. The molecule has 1 saturated carbocycles. The van der Waals surface area contributed by atoms with Crippen LogP contribution in [0, 0.1) is 5.92 Å². The molecule has 2 aliphatic heterocycles. The van der Waals surface area contributed by atoms with Crippen molar-refractivity contribution in [3.63, 3.8) is 0 Å². The molecule has 3 heterocycles. The number of ether oxygens (including phenoxy) is 2. The third-order valence-corrected chi connectivity index (χ3v) is 12.2. The molecule has 1 aromatic heterocycles. The number of rotatable bonds is 14. The molecular weight excluding hydrogens is 723 g/mol. The molecule has 5 rings (SSSR count). The molecule has 0 radical (unpaired) electrons. The van der Waals surface area contributed by atoms with Crippen molar-refractivity contribution in [1.82, 2.24) is 25.2 Å². The number of hydrogen-bond acceptors (Lipinski definition) is 12. The summed E-state index contributed by atoms with van der Waals surface area (Å²) in [5.74, 6) is -4.55. The van der Waals surface area contributed by atoms with Crippen LogP contribution in [0.2, 0.25) is 0 Å². The molecule has 1 aliphatic carbocycles. The van der Waals surface area contributed by atoms with Gasteiger partial charge in [0.25, 0.3) is 17.7 Å². The van der Waals surface area contributed by atoms with Gasteiger partial charge in [0, 0.05) is 51.7 Å². The first kappa shape index (κ1) is 40.8. The van der Waals surface area contributed by atoms with E-state index in [1.165, 1.54) is 47.2 Å². The van der Waals surface area contributed by atoms with E-state index in [4.69, 9.17) is 15.2 Å². The van der Waals surface area contributed by atoms with Gasteiger partial charge in [0.1, 0.15) is 22.9 Å². The average molecular weight is 772 g/mol. The van der Waals surface area contributed by atoms with Gasteiger partial charge in [0.15, 0.2) is 9.84 Å². The molecule has 1 aromatic carbocycles. The van der Waals surface area contributed by atoms with Gasteiger partial charge in [-0.25, -0.2) is 18.1 Å². The Kier molecular flexibility index (Phi) is 12.8. The topological polar surface area (TPSA) is 243 Å². The number of nitrogens with one attached hydrogen (secondary N) is 1. The number of carbonyl (C=O) groups is 5. The molecule has 54 heavy (non-hydrogen) atoms. The second kappa shape index (κ2) is 17.0. The molecule has 18 heteroatoms. The van der Waals surface area contributed by atoms with Crippen LogP contribution < -0.4 is 11.1 Å². The Morgan fingerprint density at radius 3 is 2.37 bits per heavy atom. The van der Waals surface area contributed by atoms with Crippen LogP contribution in [-0.2, 0) is 44.1 Å². The Balaban J connectivity index is 1.51. The number of amides is 4. The number of benzene rings is 1. The van der Waals surface area contributed by atoms with Gasteiger partial charge in [0.05, 0.1) is 35.2 Å². The number of carbonyl (C=O) groups excluding carboxylic acids is 5. The first-order chi connectivity index (χ1) is 25.6. The van der Waals surface area contributed by atoms with Crippen LogP contribution in [-0.4, -0.2) is 119 Å². The number of likely N-dealkylation sites (tertiary alicyclic amines) is 1. The molecule has 294 valence electrons. The molecule has 0 spiro atoms. The zero-order valence-electron chi connectivity index (χ0n) is 30.9. The molecular formula is C36H49N7O10S. The predicted octanol–water partition coefficient (Wildman–Crippen LogP) is 1.04. The predicted molar refractivity (Wildman–Crippen MR) is 193 cm³/mol. The number of methoxy groups -OCH3 is 1. The standard InChI is InChI=1S/C36H49N7O10S/c1-35(2,49)29-21-38-41-43(29)25-20-28(33(47)40-36(30(44)31(37)45)13-15-53-16-14-36)42(22-25)34(48)27(19-23-7-5-4-6-8-23)39-32(46)24-9-11-26(12-10-24)54(50,51)18-17-52-3/h9-12,21,23,25,28,49H,4-8,13-20,22H2,1-3H3,(H2,37,45)(H,40,47)/b39-27+/t25-,28-/m0/s1. The Labute approximate surface area is 313 Å². The number of nitrogens with zero attached hydrogens (tertiary/aromatic N) is 5. The summed E-state index contributed by atoms with van der Waals surface area (Å²) in [6.45, 7) is 3.19. The van der Waals surface area contributed by atoms with Gasteiger partial charge in [0.2, 0.25) is 11.7 Å². The summed E-state index contributed by atoms with van der Waals surface area (Å²) in [6, 6.07) is 3.40. The Morgan fingerprint density at radius 1 is 1.09 bits per heavy atom. The zero-order chi connectivity index (χ0) is 39.3. The molecule has 2 saturated heterocycles. The van der Waals surface area contributed by atoms with E-state index in [2.05, 4.69) is 20.6 Å². The molecule has 4 N–H and O–H groups in total. The number of Topliss-reactive ketones (excluding diaryl/α,β-unsaturated/α-hetero) is 1.